The summed E-state index contributed by atoms with van der Waals surface area (Å²) in [6.45, 7) is 1.93. The Kier molecular flexibility index (Phi) is 6.25. The molecule has 0 aliphatic rings. The molecule has 0 amide bonds. The third kappa shape index (κ3) is 4.86. The largest absolute Gasteiger partial charge is 0.382 e. The van der Waals surface area contributed by atoms with E-state index in [9.17, 15) is 4.39 Å². The van der Waals surface area contributed by atoms with Gasteiger partial charge in [-0.1, -0.05) is 0 Å². The van der Waals surface area contributed by atoms with E-state index < -0.39 is 0 Å². The predicted octanol–water partition coefficient (Wildman–Crippen LogP) is 2.70. The van der Waals surface area contributed by atoms with Crippen LogP contribution in [-0.4, -0.2) is 38.5 Å². The Morgan fingerprint density at radius 1 is 1.29 bits per heavy atom. The molecule has 0 aliphatic carbocycles. The maximum Gasteiger partial charge on any atom is 0.123 e. The van der Waals surface area contributed by atoms with Gasteiger partial charge in [-0.15, -0.1) is 11.3 Å². The van der Waals surface area contributed by atoms with E-state index in [2.05, 4.69) is 10.3 Å². The second-order valence-corrected chi connectivity index (χ2v) is 5.45. The molecule has 2 aromatic rings. The van der Waals surface area contributed by atoms with Gasteiger partial charge < -0.3 is 14.8 Å². The van der Waals surface area contributed by atoms with Crippen LogP contribution in [0, 0.1) is 5.82 Å². The van der Waals surface area contributed by atoms with Crippen LogP contribution >= 0.6 is 11.3 Å². The number of nitrogens with one attached hydrogen (secondary N) is 1. The SMILES string of the molecule is COCC(CNCc1csc(-c2ccc(F)cc2)n1)OC. The number of nitrogens with zero attached hydrogens (tertiary/aromatic N) is 1. The molecule has 0 saturated carbocycles. The molecular formula is C15H19FN2O2S. The average molecular weight is 310 g/mol. The molecule has 4 nitrogen and oxygen atoms in total. The van der Waals surface area contributed by atoms with Crippen LogP contribution in [-0.2, 0) is 16.0 Å². The van der Waals surface area contributed by atoms with Crippen LogP contribution < -0.4 is 5.32 Å². The second-order valence-electron chi connectivity index (χ2n) is 4.59. The summed E-state index contributed by atoms with van der Waals surface area (Å²) in [5.41, 5.74) is 1.90. The van der Waals surface area contributed by atoms with Gasteiger partial charge in [-0.05, 0) is 24.3 Å². The van der Waals surface area contributed by atoms with Crippen molar-refractivity contribution >= 4 is 11.3 Å². The van der Waals surface area contributed by atoms with Gasteiger partial charge in [-0.2, -0.15) is 0 Å². The number of methoxy groups -OCH3 is 2. The monoisotopic (exact) mass is 310 g/mol. The zero-order chi connectivity index (χ0) is 15.1. The van der Waals surface area contributed by atoms with Crippen molar-refractivity contribution < 1.29 is 13.9 Å². The molecule has 6 heteroatoms. The van der Waals surface area contributed by atoms with E-state index in [1.165, 1.54) is 12.1 Å². The van der Waals surface area contributed by atoms with Crippen molar-refractivity contribution in [2.45, 2.75) is 12.6 Å². The lowest BCUT2D eigenvalue weighted by Crippen LogP contribution is -2.31. The molecule has 1 N–H and O–H groups in total. The zero-order valence-corrected chi connectivity index (χ0v) is 13.0. The van der Waals surface area contributed by atoms with Crippen LogP contribution in [0.3, 0.4) is 0 Å². The van der Waals surface area contributed by atoms with Crippen LogP contribution in [0.25, 0.3) is 10.6 Å². The summed E-state index contributed by atoms with van der Waals surface area (Å²) in [5, 5.41) is 6.19. The van der Waals surface area contributed by atoms with Gasteiger partial charge >= 0.3 is 0 Å². The van der Waals surface area contributed by atoms with E-state index in [1.54, 1.807) is 37.7 Å². The second kappa shape index (κ2) is 8.19. The standard InChI is InChI=1S/C15H19FN2O2S/c1-19-9-14(20-2)8-17-7-13-10-21-15(18-13)11-3-5-12(16)6-4-11/h3-6,10,14,17H,7-9H2,1-2H3. The van der Waals surface area contributed by atoms with Crippen molar-refractivity contribution in [3.63, 3.8) is 0 Å². The summed E-state index contributed by atoms with van der Waals surface area (Å²) < 4.78 is 23.2. The minimum Gasteiger partial charge on any atom is -0.382 e. The highest BCUT2D eigenvalue weighted by Gasteiger charge is 2.08. The van der Waals surface area contributed by atoms with Crippen molar-refractivity contribution in [1.29, 1.82) is 0 Å². The lowest BCUT2D eigenvalue weighted by molar-refractivity contribution is 0.0287. The van der Waals surface area contributed by atoms with Gasteiger partial charge in [0, 0.05) is 38.3 Å². The summed E-state index contributed by atoms with van der Waals surface area (Å²) in [4.78, 5) is 4.54. The van der Waals surface area contributed by atoms with E-state index in [-0.39, 0.29) is 11.9 Å². The number of thiazole rings is 1. The lowest BCUT2D eigenvalue weighted by Gasteiger charge is -2.14. The normalized spacial score (nSPS) is 12.5. The summed E-state index contributed by atoms with van der Waals surface area (Å²) in [5.74, 6) is -0.235. The smallest absolute Gasteiger partial charge is 0.123 e. The molecule has 1 aromatic carbocycles. The molecule has 0 saturated heterocycles. The van der Waals surface area contributed by atoms with Crippen molar-refractivity contribution in [2.75, 3.05) is 27.4 Å². The van der Waals surface area contributed by atoms with E-state index >= 15 is 0 Å². The lowest BCUT2D eigenvalue weighted by atomic mass is 10.2. The first-order chi connectivity index (χ1) is 10.2. The number of ether oxygens (including phenoxy) is 2. The number of aromatic nitrogens is 1. The molecule has 0 spiro atoms. The highest BCUT2D eigenvalue weighted by atomic mass is 32.1. The molecule has 1 atom stereocenters. The Morgan fingerprint density at radius 2 is 2.05 bits per heavy atom. The van der Waals surface area contributed by atoms with Crippen LogP contribution in [0.4, 0.5) is 4.39 Å². The highest BCUT2D eigenvalue weighted by Crippen LogP contribution is 2.23. The van der Waals surface area contributed by atoms with Gasteiger partial charge in [0.15, 0.2) is 0 Å². The average Bonchev–Trinajstić information content (AvgIpc) is 2.96. The molecule has 1 aromatic heterocycles. The molecule has 21 heavy (non-hydrogen) atoms. The Balaban J connectivity index is 1.87. The third-order valence-electron chi connectivity index (χ3n) is 3.01. The van der Waals surface area contributed by atoms with E-state index in [0.717, 1.165) is 16.3 Å². The van der Waals surface area contributed by atoms with Gasteiger partial charge in [0.2, 0.25) is 0 Å². The van der Waals surface area contributed by atoms with Crippen LogP contribution in [0.15, 0.2) is 29.6 Å². The molecule has 1 unspecified atom stereocenters. The van der Waals surface area contributed by atoms with Crippen LogP contribution in [0.1, 0.15) is 5.69 Å². The first-order valence-electron chi connectivity index (χ1n) is 6.65. The Labute approximate surface area is 127 Å². The number of benzene rings is 1. The molecule has 114 valence electrons. The predicted molar refractivity (Wildman–Crippen MR) is 81.9 cm³/mol. The number of halogens is 1. The van der Waals surface area contributed by atoms with Gasteiger partial charge in [0.1, 0.15) is 10.8 Å². The van der Waals surface area contributed by atoms with Gasteiger partial charge in [0.05, 0.1) is 18.4 Å². The maximum atomic E-state index is 12.9. The molecule has 1 heterocycles. The number of hydrogen-bond acceptors (Lipinski definition) is 5. The van der Waals surface area contributed by atoms with Crippen molar-refractivity contribution in [1.82, 2.24) is 10.3 Å². The fourth-order valence-electron chi connectivity index (χ4n) is 1.87. The highest BCUT2D eigenvalue weighted by molar-refractivity contribution is 7.13. The van der Waals surface area contributed by atoms with E-state index in [0.29, 0.717) is 19.7 Å². The van der Waals surface area contributed by atoms with E-state index in [4.69, 9.17) is 9.47 Å². The summed E-state index contributed by atoms with van der Waals surface area (Å²) in [7, 11) is 3.32. The number of hydrogen-bond donors (Lipinski definition) is 1. The minimum absolute atomic E-state index is 0.0326. The molecule has 0 fully saturated rings. The molecule has 0 bridgehead atoms. The van der Waals surface area contributed by atoms with E-state index in [1.807, 2.05) is 5.38 Å². The minimum atomic E-state index is -0.235. The van der Waals surface area contributed by atoms with Crippen LogP contribution in [0.2, 0.25) is 0 Å². The van der Waals surface area contributed by atoms with Gasteiger partial charge in [-0.25, -0.2) is 9.37 Å². The van der Waals surface area contributed by atoms with Crippen molar-refractivity contribution in [3.8, 4) is 10.6 Å². The summed E-state index contributed by atoms with van der Waals surface area (Å²) >= 11 is 1.55. The molecule has 2 rings (SSSR count). The molecule has 0 aliphatic heterocycles. The summed E-state index contributed by atoms with van der Waals surface area (Å²) in [6, 6.07) is 6.38. The van der Waals surface area contributed by atoms with Gasteiger partial charge in [-0.3, -0.25) is 0 Å². The Hall–Kier alpha value is -1.34. The fourth-order valence-corrected chi connectivity index (χ4v) is 2.70. The first-order valence-corrected chi connectivity index (χ1v) is 7.53. The topological polar surface area (TPSA) is 43.4 Å². The number of rotatable bonds is 8. The molecular weight excluding hydrogens is 291 g/mol. The van der Waals surface area contributed by atoms with Gasteiger partial charge in [0.25, 0.3) is 0 Å². The quantitative estimate of drug-likeness (QED) is 0.814. The first kappa shape index (κ1) is 16.0. The Morgan fingerprint density at radius 3 is 2.71 bits per heavy atom. The Bertz CT molecular complexity index is 545. The fraction of sp³-hybridized carbons (Fsp3) is 0.400. The third-order valence-corrected chi connectivity index (χ3v) is 3.95. The molecule has 0 radical (unpaired) electrons. The summed E-state index contributed by atoms with van der Waals surface area (Å²) in [6.07, 6.45) is 0.0326. The maximum absolute atomic E-state index is 12.9. The zero-order valence-electron chi connectivity index (χ0n) is 12.1. The van der Waals surface area contributed by atoms with Crippen LogP contribution in [0.5, 0.6) is 0 Å². The van der Waals surface area contributed by atoms with Crippen molar-refractivity contribution in [3.05, 3.63) is 41.2 Å². The van der Waals surface area contributed by atoms with Crippen molar-refractivity contribution in [2.24, 2.45) is 0 Å².